The van der Waals surface area contributed by atoms with Gasteiger partial charge in [0.1, 0.15) is 0 Å². The van der Waals surface area contributed by atoms with Crippen molar-refractivity contribution in [2.24, 2.45) is 23.5 Å². The zero-order valence-electron chi connectivity index (χ0n) is 16.2. The van der Waals surface area contributed by atoms with E-state index in [1.165, 1.54) is 6.42 Å². The number of nitrogens with two attached hydrogens (primary N) is 1. The molecule has 1 aromatic rings. The molecule has 6 nitrogen and oxygen atoms in total. The van der Waals surface area contributed by atoms with Gasteiger partial charge in [-0.05, 0) is 56.1 Å². The lowest BCUT2D eigenvalue weighted by Gasteiger charge is -2.44. The molecule has 3 rings (SSSR count). The zero-order chi connectivity index (χ0) is 19.2. The van der Waals surface area contributed by atoms with E-state index in [1.807, 2.05) is 17.0 Å². The zero-order valence-corrected chi connectivity index (χ0v) is 16.2. The van der Waals surface area contributed by atoms with Crippen LogP contribution in [0, 0.1) is 17.8 Å². The van der Waals surface area contributed by atoms with E-state index < -0.39 is 0 Å². The third-order valence-electron chi connectivity index (χ3n) is 6.06. The Labute approximate surface area is 161 Å². The summed E-state index contributed by atoms with van der Waals surface area (Å²) in [5.41, 5.74) is 7.36. The van der Waals surface area contributed by atoms with Crippen LogP contribution in [0.5, 0.6) is 0 Å². The molecule has 0 spiro atoms. The van der Waals surface area contributed by atoms with Crippen LogP contribution in [-0.2, 0) is 20.9 Å². The Balaban J connectivity index is 1.68. The second-order valence-corrected chi connectivity index (χ2v) is 7.87. The SMILES string of the molecule is CCOC(=O)CCN(Cc1cccnc1)C(=O)C1CC2CCCC(C1)C2N. The fourth-order valence-corrected chi connectivity index (χ4v) is 4.69. The molecular formula is C21H31N3O3. The van der Waals surface area contributed by atoms with Gasteiger partial charge in [-0.15, -0.1) is 0 Å². The van der Waals surface area contributed by atoms with Gasteiger partial charge in [-0.25, -0.2) is 0 Å². The molecular weight excluding hydrogens is 342 g/mol. The number of carbonyl (C=O) groups is 2. The lowest BCUT2D eigenvalue weighted by atomic mass is 9.65. The van der Waals surface area contributed by atoms with E-state index in [2.05, 4.69) is 4.98 Å². The molecule has 0 aliphatic heterocycles. The van der Waals surface area contributed by atoms with E-state index >= 15 is 0 Å². The van der Waals surface area contributed by atoms with Gasteiger partial charge in [-0.2, -0.15) is 0 Å². The molecule has 2 bridgehead atoms. The van der Waals surface area contributed by atoms with Gasteiger partial charge in [0.15, 0.2) is 0 Å². The Morgan fingerprint density at radius 3 is 2.67 bits per heavy atom. The van der Waals surface area contributed by atoms with Gasteiger partial charge in [0.2, 0.25) is 5.91 Å². The maximum Gasteiger partial charge on any atom is 0.307 e. The molecule has 0 radical (unpaired) electrons. The summed E-state index contributed by atoms with van der Waals surface area (Å²) < 4.78 is 5.04. The predicted molar refractivity (Wildman–Crippen MR) is 102 cm³/mol. The van der Waals surface area contributed by atoms with Crippen molar-refractivity contribution in [3.05, 3.63) is 30.1 Å². The number of rotatable bonds is 7. The number of aromatic nitrogens is 1. The molecule has 2 unspecified atom stereocenters. The van der Waals surface area contributed by atoms with Crippen LogP contribution in [0.15, 0.2) is 24.5 Å². The number of fused-ring (bicyclic) bond motifs is 2. The monoisotopic (exact) mass is 373 g/mol. The van der Waals surface area contributed by atoms with E-state index in [0.29, 0.717) is 31.5 Å². The maximum atomic E-state index is 13.3. The van der Waals surface area contributed by atoms with E-state index in [9.17, 15) is 9.59 Å². The van der Waals surface area contributed by atoms with Crippen LogP contribution in [0.2, 0.25) is 0 Å². The summed E-state index contributed by atoms with van der Waals surface area (Å²) in [5, 5.41) is 0. The molecule has 2 atom stereocenters. The number of amides is 1. The lowest BCUT2D eigenvalue weighted by molar-refractivity contribution is -0.145. The van der Waals surface area contributed by atoms with Gasteiger partial charge in [0.05, 0.1) is 13.0 Å². The Morgan fingerprint density at radius 1 is 1.30 bits per heavy atom. The molecule has 0 saturated heterocycles. The summed E-state index contributed by atoms with van der Waals surface area (Å²) in [5.74, 6) is 0.809. The molecule has 1 heterocycles. The molecule has 2 fully saturated rings. The normalized spacial score (nSPS) is 27.0. The highest BCUT2D eigenvalue weighted by Gasteiger charge is 2.41. The van der Waals surface area contributed by atoms with Crippen LogP contribution >= 0.6 is 0 Å². The van der Waals surface area contributed by atoms with E-state index in [0.717, 1.165) is 31.2 Å². The topological polar surface area (TPSA) is 85.5 Å². The average Bonchev–Trinajstić information content (AvgIpc) is 2.65. The van der Waals surface area contributed by atoms with Crippen LogP contribution in [-0.4, -0.2) is 41.0 Å². The smallest absolute Gasteiger partial charge is 0.307 e. The summed E-state index contributed by atoms with van der Waals surface area (Å²) in [7, 11) is 0. The fourth-order valence-electron chi connectivity index (χ4n) is 4.69. The third-order valence-corrected chi connectivity index (χ3v) is 6.06. The average molecular weight is 373 g/mol. The number of ether oxygens (including phenoxy) is 1. The molecule has 1 amide bonds. The van der Waals surface area contributed by atoms with E-state index in [-0.39, 0.29) is 30.3 Å². The number of carbonyl (C=O) groups excluding carboxylic acids is 2. The summed E-state index contributed by atoms with van der Waals surface area (Å²) in [6, 6.07) is 4.07. The van der Waals surface area contributed by atoms with Crippen LogP contribution in [0.25, 0.3) is 0 Å². The van der Waals surface area contributed by atoms with E-state index in [4.69, 9.17) is 10.5 Å². The van der Waals surface area contributed by atoms with E-state index in [1.54, 1.807) is 19.3 Å². The number of hydrogen-bond donors (Lipinski definition) is 1. The highest BCUT2D eigenvalue weighted by atomic mass is 16.5. The first kappa shape index (κ1) is 19.8. The molecule has 6 heteroatoms. The maximum absolute atomic E-state index is 13.3. The Kier molecular flexibility index (Phi) is 6.83. The van der Waals surface area contributed by atoms with Gasteiger partial charge < -0.3 is 15.4 Å². The quantitative estimate of drug-likeness (QED) is 0.742. The first-order valence-corrected chi connectivity index (χ1v) is 10.2. The first-order valence-electron chi connectivity index (χ1n) is 10.2. The van der Waals surface area contributed by atoms with Crippen LogP contribution < -0.4 is 5.73 Å². The largest absolute Gasteiger partial charge is 0.466 e. The predicted octanol–water partition coefficient (Wildman–Crippen LogP) is 2.52. The van der Waals surface area contributed by atoms with Gasteiger partial charge >= 0.3 is 5.97 Å². The Bertz CT molecular complexity index is 623. The molecule has 148 valence electrons. The standard InChI is InChI=1S/C21H31N3O3/c1-2-27-19(25)8-10-24(14-15-5-4-9-23-13-15)21(26)18-11-16-6-3-7-17(12-18)20(16)22/h4-5,9,13,16-18,20H,2-3,6-8,10-12,14,22H2,1H3. The van der Waals surface area contributed by atoms with Crippen molar-refractivity contribution in [2.75, 3.05) is 13.2 Å². The van der Waals surface area contributed by atoms with Gasteiger partial charge in [0.25, 0.3) is 0 Å². The number of hydrogen-bond acceptors (Lipinski definition) is 5. The first-order chi connectivity index (χ1) is 13.1. The van der Waals surface area contributed by atoms with Crippen molar-refractivity contribution >= 4 is 11.9 Å². The highest BCUT2D eigenvalue weighted by Crippen LogP contribution is 2.42. The molecule has 2 saturated carbocycles. The second kappa shape index (κ2) is 9.31. The molecule has 2 aliphatic carbocycles. The van der Waals surface area contributed by atoms with Crippen LogP contribution in [0.1, 0.15) is 51.0 Å². The van der Waals surface area contributed by atoms with Crippen LogP contribution in [0.4, 0.5) is 0 Å². The van der Waals surface area contributed by atoms with Crippen molar-refractivity contribution < 1.29 is 14.3 Å². The summed E-state index contributed by atoms with van der Waals surface area (Å²) >= 11 is 0. The van der Waals surface area contributed by atoms with Crippen molar-refractivity contribution in [3.8, 4) is 0 Å². The van der Waals surface area contributed by atoms with Gasteiger partial charge in [-0.3, -0.25) is 14.6 Å². The fraction of sp³-hybridized carbons (Fsp3) is 0.667. The number of nitrogens with zero attached hydrogens (tertiary/aromatic N) is 2. The summed E-state index contributed by atoms with van der Waals surface area (Å²) in [6.07, 6.45) is 8.96. The van der Waals surface area contributed by atoms with Crippen molar-refractivity contribution in [3.63, 3.8) is 0 Å². The Morgan fingerprint density at radius 2 is 2.04 bits per heavy atom. The third kappa shape index (κ3) is 5.06. The lowest BCUT2D eigenvalue weighted by Crippen LogP contribution is -2.49. The second-order valence-electron chi connectivity index (χ2n) is 7.87. The highest BCUT2D eigenvalue weighted by molar-refractivity contribution is 5.80. The Hall–Kier alpha value is -1.95. The van der Waals surface area contributed by atoms with Crippen molar-refractivity contribution in [2.45, 2.75) is 58.0 Å². The van der Waals surface area contributed by atoms with Crippen molar-refractivity contribution in [1.82, 2.24) is 9.88 Å². The molecule has 2 aliphatic rings. The minimum Gasteiger partial charge on any atom is -0.466 e. The minimum absolute atomic E-state index is 0.0129. The molecule has 27 heavy (non-hydrogen) atoms. The van der Waals surface area contributed by atoms with Gasteiger partial charge in [-0.1, -0.05) is 12.5 Å². The summed E-state index contributed by atoms with van der Waals surface area (Å²) in [4.78, 5) is 31.1. The number of esters is 1. The molecule has 0 aromatic carbocycles. The molecule has 2 N–H and O–H groups in total. The summed E-state index contributed by atoms with van der Waals surface area (Å²) in [6.45, 7) is 3.01. The van der Waals surface area contributed by atoms with Crippen LogP contribution in [0.3, 0.4) is 0 Å². The molecule has 1 aromatic heterocycles. The number of pyridine rings is 1. The minimum atomic E-state index is -0.260. The van der Waals surface area contributed by atoms with Gasteiger partial charge in [0, 0.05) is 37.4 Å². The van der Waals surface area contributed by atoms with Crippen molar-refractivity contribution in [1.29, 1.82) is 0 Å².